The van der Waals surface area contributed by atoms with Gasteiger partial charge in [-0.3, -0.25) is 0 Å². The van der Waals surface area contributed by atoms with Gasteiger partial charge in [0.15, 0.2) is 0 Å². The van der Waals surface area contributed by atoms with Crippen molar-refractivity contribution in [3.8, 4) is 0 Å². The fraction of sp³-hybridized carbons (Fsp3) is 0.455. The van der Waals surface area contributed by atoms with Gasteiger partial charge in [0, 0.05) is 13.6 Å². The fourth-order valence-electron chi connectivity index (χ4n) is 2.00. The van der Waals surface area contributed by atoms with Crippen LogP contribution in [0.3, 0.4) is 0 Å². The van der Waals surface area contributed by atoms with Crippen LogP contribution in [0, 0.1) is 0 Å². The lowest BCUT2D eigenvalue weighted by Gasteiger charge is -2.29. The van der Waals surface area contributed by atoms with Gasteiger partial charge in [-0.05, 0) is 18.4 Å². The maximum atomic E-state index is 12.0. The number of nitrogens with zero attached hydrogens (tertiary/aromatic N) is 1. The summed E-state index contributed by atoms with van der Waals surface area (Å²) in [7, 11) is -1.46. The Labute approximate surface area is 90.8 Å². The van der Waals surface area contributed by atoms with Crippen LogP contribution in [-0.2, 0) is 10.0 Å². The molecule has 4 heteroatoms. The van der Waals surface area contributed by atoms with E-state index in [-0.39, 0.29) is 5.25 Å². The highest BCUT2D eigenvalue weighted by Crippen LogP contribution is 2.33. The predicted molar refractivity (Wildman–Crippen MR) is 60.0 cm³/mol. The minimum Gasteiger partial charge on any atom is -0.212 e. The van der Waals surface area contributed by atoms with E-state index in [9.17, 15) is 8.42 Å². The molecule has 1 saturated heterocycles. The van der Waals surface area contributed by atoms with Crippen LogP contribution in [-0.4, -0.2) is 26.3 Å². The predicted octanol–water partition coefficient (Wildman–Crippen LogP) is 1.78. The maximum Gasteiger partial charge on any atom is 0.220 e. The molecule has 1 unspecified atom stereocenters. The largest absolute Gasteiger partial charge is 0.220 e. The van der Waals surface area contributed by atoms with E-state index >= 15 is 0 Å². The number of rotatable bonds is 1. The van der Waals surface area contributed by atoms with E-state index in [1.54, 1.807) is 7.05 Å². The normalized spacial score (nSPS) is 26.3. The van der Waals surface area contributed by atoms with Gasteiger partial charge in [0.2, 0.25) is 10.0 Å². The molecule has 82 valence electrons. The first kappa shape index (κ1) is 10.6. The average molecular weight is 225 g/mol. The Kier molecular flexibility index (Phi) is 2.80. The molecular weight excluding hydrogens is 210 g/mol. The highest BCUT2D eigenvalue weighted by atomic mass is 32.2. The minimum atomic E-state index is -3.12. The zero-order chi connectivity index (χ0) is 10.9. The standard InChI is InChI=1S/C11H15NO2S/c1-12-9-5-8-11(15(12,13)14)10-6-3-2-4-7-10/h2-4,6-7,11H,5,8-9H2,1H3. The minimum absolute atomic E-state index is 0.350. The van der Waals surface area contributed by atoms with Crippen LogP contribution in [0.5, 0.6) is 0 Å². The molecule has 0 bridgehead atoms. The summed E-state index contributed by atoms with van der Waals surface area (Å²) < 4.78 is 25.5. The van der Waals surface area contributed by atoms with E-state index < -0.39 is 10.0 Å². The summed E-state index contributed by atoms with van der Waals surface area (Å²) in [5.41, 5.74) is 0.907. The molecule has 0 radical (unpaired) electrons. The molecule has 1 heterocycles. The summed E-state index contributed by atoms with van der Waals surface area (Å²) in [4.78, 5) is 0. The van der Waals surface area contributed by atoms with Crippen molar-refractivity contribution in [1.29, 1.82) is 0 Å². The van der Waals surface area contributed by atoms with Crippen LogP contribution in [0.15, 0.2) is 30.3 Å². The highest BCUT2D eigenvalue weighted by Gasteiger charge is 2.34. The lowest BCUT2D eigenvalue weighted by atomic mass is 10.1. The van der Waals surface area contributed by atoms with Gasteiger partial charge in [-0.15, -0.1) is 0 Å². The van der Waals surface area contributed by atoms with Crippen molar-refractivity contribution in [3.63, 3.8) is 0 Å². The second kappa shape index (κ2) is 3.94. The Morgan fingerprint density at radius 1 is 1.27 bits per heavy atom. The van der Waals surface area contributed by atoms with Gasteiger partial charge in [-0.25, -0.2) is 12.7 Å². The lowest BCUT2D eigenvalue weighted by Crippen LogP contribution is -2.36. The molecule has 2 rings (SSSR count). The van der Waals surface area contributed by atoms with E-state index in [1.807, 2.05) is 30.3 Å². The third kappa shape index (κ3) is 1.92. The zero-order valence-corrected chi connectivity index (χ0v) is 9.57. The second-order valence-electron chi connectivity index (χ2n) is 3.91. The Hall–Kier alpha value is -0.870. The van der Waals surface area contributed by atoms with Gasteiger partial charge in [-0.1, -0.05) is 30.3 Å². The SMILES string of the molecule is CN1CCCC(c2ccccc2)S1(=O)=O. The van der Waals surface area contributed by atoms with E-state index in [2.05, 4.69) is 0 Å². The number of hydrogen-bond acceptors (Lipinski definition) is 2. The summed E-state index contributed by atoms with van der Waals surface area (Å²) in [6.45, 7) is 0.645. The van der Waals surface area contributed by atoms with Gasteiger partial charge in [0.05, 0.1) is 0 Å². The van der Waals surface area contributed by atoms with Gasteiger partial charge in [-0.2, -0.15) is 0 Å². The van der Waals surface area contributed by atoms with Crippen molar-refractivity contribution in [1.82, 2.24) is 4.31 Å². The molecule has 0 saturated carbocycles. The van der Waals surface area contributed by atoms with Crippen molar-refractivity contribution in [2.75, 3.05) is 13.6 Å². The first-order chi connectivity index (χ1) is 7.12. The van der Waals surface area contributed by atoms with E-state index in [0.29, 0.717) is 6.54 Å². The van der Waals surface area contributed by atoms with E-state index in [1.165, 1.54) is 4.31 Å². The number of benzene rings is 1. The zero-order valence-electron chi connectivity index (χ0n) is 8.76. The van der Waals surface area contributed by atoms with Crippen LogP contribution in [0.25, 0.3) is 0 Å². The molecule has 1 aromatic carbocycles. The maximum absolute atomic E-state index is 12.0. The van der Waals surface area contributed by atoms with Crippen molar-refractivity contribution in [2.45, 2.75) is 18.1 Å². The highest BCUT2D eigenvalue weighted by molar-refractivity contribution is 7.89. The Bertz CT molecular complexity index is 427. The van der Waals surface area contributed by atoms with Gasteiger partial charge in [0.1, 0.15) is 5.25 Å². The summed E-state index contributed by atoms with van der Waals surface area (Å²) in [5, 5.41) is -0.350. The molecule has 1 atom stereocenters. The topological polar surface area (TPSA) is 37.4 Å². The Morgan fingerprint density at radius 2 is 1.93 bits per heavy atom. The molecular formula is C11H15NO2S. The molecule has 1 aliphatic heterocycles. The fourth-order valence-corrected chi connectivity index (χ4v) is 3.78. The number of hydrogen-bond donors (Lipinski definition) is 0. The Balaban J connectivity index is 2.37. The molecule has 0 aliphatic carbocycles. The van der Waals surface area contributed by atoms with Crippen LogP contribution in [0.4, 0.5) is 0 Å². The van der Waals surface area contributed by atoms with Crippen LogP contribution in [0.1, 0.15) is 23.7 Å². The average Bonchev–Trinajstić information content (AvgIpc) is 2.23. The summed E-state index contributed by atoms with van der Waals surface area (Å²) in [5.74, 6) is 0. The molecule has 0 aromatic heterocycles. The monoisotopic (exact) mass is 225 g/mol. The van der Waals surface area contributed by atoms with Crippen molar-refractivity contribution >= 4 is 10.0 Å². The number of sulfonamides is 1. The second-order valence-corrected chi connectivity index (χ2v) is 6.13. The third-order valence-corrected chi connectivity index (χ3v) is 5.18. The van der Waals surface area contributed by atoms with Crippen molar-refractivity contribution in [3.05, 3.63) is 35.9 Å². The first-order valence-corrected chi connectivity index (χ1v) is 6.63. The molecule has 1 fully saturated rings. The quantitative estimate of drug-likeness (QED) is 0.730. The lowest BCUT2D eigenvalue weighted by molar-refractivity contribution is 0.410. The van der Waals surface area contributed by atoms with Gasteiger partial charge < -0.3 is 0 Å². The van der Waals surface area contributed by atoms with E-state index in [4.69, 9.17) is 0 Å². The third-order valence-electron chi connectivity index (χ3n) is 2.90. The van der Waals surface area contributed by atoms with Crippen molar-refractivity contribution in [2.24, 2.45) is 0 Å². The van der Waals surface area contributed by atoms with E-state index in [0.717, 1.165) is 18.4 Å². The molecule has 1 aromatic rings. The summed E-state index contributed by atoms with van der Waals surface area (Å²) in [6.07, 6.45) is 1.67. The van der Waals surface area contributed by atoms with Crippen LogP contribution >= 0.6 is 0 Å². The summed E-state index contributed by atoms with van der Waals surface area (Å²) in [6, 6.07) is 9.46. The van der Waals surface area contributed by atoms with Gasteiger partial charge >= 0.3 is 0 Å². The summed E-state index contributed by atoms with van der Waals surface area (Å²) >= 11 is 0. The molecule has 0 N–H and O–H groups in total. The first-order valence-electron chi connectivity index (χ1n) is 5.12. The molecule has 15 heavy (non-hydrogen) atoms. The smallest absolute Gasteiger partial charge is 0.212 e. The Morgan fingerprint density at radius 3 is 2.60 bits per heavy atom. The van der Waals surface area contributed by atoms with Crippen molar-refractivity contribution < 1.29 is 8.42 Å². The molecule has 0 spiro atoms. The van der Waals surface area contributed by atoms with Crippen LogP contribution in [0.2, 0.25) is 0 Å². The molecule has 3 nitrogen and oxygen atoms in total. The molecule has 1 aliphatic rings. The van der Waals surface area contributed by atoms with Gasteiger partial charge in [0.25, 0.3) is 0 Å². The molecule has 0 amide bonds. The van der Waals surface area contributed by atoms with Crippen LogP contribution < -0.4 is 0 Å².